The zero-order chi connectivity index (χ0) is 11.0. The third-order valence-electron chi connectivity index (χ3n) is 2.51. The Balaban J connectivity index is 2.47. The largest absolute Gasteiger partial charge is 0.708 e. The maximum Gasteiger partial charge on any atom is 0.329 e. The molecule has 82 valence electrons. The molecule has 2 heterocycles. The molecule has 1 aromatic heterocycles. The van der Waals surface area contributed by atoms with Gasteiger partial charge in [0.2, 0.25) is 11.6 Å². The fourth-order valence-corrected chi connectivity index (χ4v) is 1.67. The van der Waals surface area contributed by atoms with Gasteiger partial charge in [0.1, 0.15) is 0 Å². The predicted octanol–water partition coefficient (Wildman–Crippen LogP) is -0.815. The lowest BCUT2D eigenvalue weighted by Crippen LogP contribution is -2.35. The second kappa shape index (κ2) is 3.34. The lowest BCUT2D eigenvalue weighted by Gasteiger charge is -2.19. The highest BCUT2D eigenvalue weighted by Gasteiger charge is 2.23. The molecule has 1 aromatic rings. The smallest absolute Gasteiger partial charge is 0.329 e. The molecule has 1 saturated heterocycles. The summed E-state index contributed by atoms with van der Waals surface area (Å²) in [6, 6.07) is 0. The van der Waals surface area contributed by atoms with Gasteiger partial charge in [-0.25, -0.2) is 0 Å². The Morgan fingerprint density at radius 1 is 1.33 bits per heavy atom. The number of aromatic hydroxyl groups is 1. The summed E-state index contributed by atoms with van der Waals surface area (Å²) in [7, 11) is 0. The van der Waals surface area contributed by atoms with Crippen molar-refractivity contribution in [2.45, 2.75) is 12.8 Å². The minimum absolute atomic E-state index is 0.0512. The number of hydrogen-bond acceptors (Lipinski definition) is 6. The first-order valence-electron chi connectivity index (χ1n) is 4.73. The summed E-state index contributed by atoms with van der Waals surface area (Å²) >= 11 is 0. The van der Waals surface area contributed by atoms with Gasteiger partial charge in [-0.2, -0.15) is 9.71 Å². The Morgan fingerprint density at radius 2 is 1.93 bits per heavy atom. The summed E-state index contributed by atoms with van der Waals surface area (Å²) in [5.41, 5.74) is 10.8. The van der Waals surface area contributed by atoms with Gasteiger partial charge in [0.25, 0.3) is 0 Å². The molecule has 0 amide bonds. The van der Waals surface area contributed by atoms with Crippen molar-refractivity contribution in [1.29, 1.82) is 0 Å². The van der Waals surface area contributed by atoms with E-state index >= 15 is 0 Å². The summed E-state index contributed by atoms with van der Waals surface area (Å²) in [6.45, 7) is 1.54. The molecular weight excluding hydrogens is 198 g/mol. The lowest BCUT2D eigenvalue weighted by molar-refractivity contribution is -0.597. The summed E-state index contributed by atoms with van der Waals surface area (Å²) in [4.78, 5) is 5.74. The molecule has 0 aliphatic carbocycles. The number of aromatic nitrogens is 2. The van der Waals surface area contributed by atoms with Gasteiger partial charge in [-0.15, -0.1) is 0 Å². The predicted molar refractivity (Wildman–Crippen MR) is 55.1 cm³/mol. The molecule has 15 heavy (non-hydrogen) atoms. The summed E-state index contributed by atoms with van der Waals surface area (Å²) in [5, 5.41) is 20.9. The van der Waals surface area contributed by atoms with Crippen LogP contribution in [0.5, 0.6) is 5.88 Å². The third-order valence-corrected chi connectivity index (χ3v) is 2.51. The van der Waals surface area contributed by atoms with Crippen molar-refractivity contribution >= 4 is 17.5 Å². The standard InChI is InChI=1S/C8H13N5O2/c9-5-6(10)13(15)8(14)7(11-5)12-3-1-2-4-12/h14H,1-4,10H2,(H2,9,11). The molecule has 0 unspecified atom stereocenters. The van der Waals surface area contributed by atoms with Crippen molar-refractivity contribution in [1.82, 2.24) is 4.98 Å². The van der Waals surface area contributed by atoms with E-state index in [1.807, 2.05) is 4.90 Å². The second-order valence-corrected chi connectivity index (χ2v) is 3.52. The molecule has 0 bridgehead atoms. The minimum Gasteiger partial charge on any atom is -0.708 e. The van der Waals surface area contributed by atoms with E-state index in [1.165, 1.54) is 0 Å². The van der Waals surface area contributed by atoms with Crippen LogP contribution >= 0.6 is 0 Å². The van der Waals surface area contributed by atoms with Gasteiger partial charge in [-0.3, -0.25) is 5.73 Å². The van der Waals surface area contributed by atoms with Gasteiger partial charge >= 0.3 is 11.7 Å². The van der Waals surface area contributed by atoms with Crippen LogP contribution < -0.4 is 21.1 Å². The van der Waals surface area contributed by atoms with E-state index in [-0.39, 0.29) is 22.2 Å². The monoisotopic (exact) mass is 211 g/mol. The zero-order valence-electron chi connectivity index (χ0n) is 8.18. The van der Waals surface area contributed by atoms with Gasteiger partial charge in [-0.1, -0.05) is 0 Å². The summed E-state index contributed by atoms with van der Waals surface area (Å²) in [5.74, 6) is -0.585. The topological polar surface area (TPSA) is 115 Å². The molecule has 1 aliphatic heterocycles. The number of nitrogens with two attached hydrogens (primary N) is 2. The lowest BCUT2D eigenvalue weighted by atomic mass is 10.4. The first-order valence-corrected chi connectivity index (χ1v) is 4.73. The molecule has 0 aromatic carbocycles. The molecule has 1 aliphatic rings. The number of hydrogen-bond donors (Lipinski definition) is 3. The molecule has 0 atom stereocenters. The van der Waals surface area contributed by atoms with Gasteiger partial charge in [-0.05, 0) is 12.8 Å². The van der Waals surface area contributed by atoms with Crippen LogP contribution in [-0.2, 0) is 0 Å². The van der Waals surface area contributed by atoms with E-state index in [0.29, 0.717) is 0 Å². The van der Waals surface area contributed by atoms with Crippen molar-refractivity contribution in [2.24, 2.45) is 0 Å². The molecule has 7 heteroatoms. The molecule has 0 spiro atoms. The van der Waals surface area contributed by atoms with Crippen molar-refractivity contribution in [3.63, 3.8) is 0 Å². The highest BCUT2D eigenvalue weighted by Crippen LogP contribution is 2.27. The molecule has 1 fully saturated rings. The first kappa shape index (κ1) is 9.63. The van der Waals surface area contributed by atoms with E-state index in [9.17, 15) is 10.3 Å². The van der Waals surface area contributed by atoms with Crippen molar-refractivity contribution in [3.8, 4) is 5.88 Å². The first-order chi connectivity index (χ1) is 7.11. The number of anilines is 3. The average Bonchev–Trinajstić information content (AvgIpc) is 2.73. The van der Waals surface area contributed by atoms with Gasteiger partial charge in [0.05, 0.1) is 0 Å². The number of nitrogen functional groups attached to an aromatic ring is 2. The maximum atomic E-state index is 11.4. The van der Waals surface area contributed by atoms with Crippen molar-refractivity contribution in [3.05, 3.63) is 5.21 Å². The van der Waals surface area contributed by atoms with Crippen LogP contribution in [0.4, 0.5) is 17.5 Å². The molecule has 7 nitrogen and oxygen atoms in total. The van der Waals surface area contributed by atoms with E-state index < -0.39 is 5.88 Å². The fraction of sp³-hybridized carbons (Fsp3) is 0.500. The van der Waals surface area contributed by atoms with E-state index in [2.05, 4.69) is 4.98 Å². The van der Waals surface area contributed by atoms with Crippen molar-refractivity contribution < 1.29 is 9.84 Å². The van der Waals surface area contributed by atoms with Crippen LogP contribution in [-0.4, -0.2) is 23.2 Å². The quantitative estimate of drug-likeness (QED) is 0.413. The van der Waals surface area contributed by atoms with E-state index in [4.69, 9.17) is 11.5 Å². The van der Waals surface area contributed by atoms with Crippen LogP contribution in [0.2, 0.25) is 0 Å². The van der Waals surface area contributed by atoms with Crippen LogP contribution in [0, 0.1) is 5.21 Å². The second-order valence-electron chi connectivity index (χ2n) is 3.52. The molecule has 5 N–H and O–H groups in total. The third kappa shape index (κ3) is 1.45. The highest BCUT2D eigenvalue weighted by atomic mass is 16.5. The molecular formula is C8H13N5O2. The number of nitrogens with zero attached hydrogens (tertiary/aromatic N) is 3. The zero-order valence-corrected chi connectivity index (χ0v) is 8.18. The number of rotatable bonds is 1. The SMILES string of the molecule is Nc1nc(N2CCCC2)c(O)[n+]([O-])c1N. The molecule has 2 rings (SSSR count). The minimum atomic E-state index is -0.483. The highest BCUT2D eigenvalue weighted by molar-refractivity contribution is 5.57. The normalized spacial score (nSPS) is 15.9. The Hall–Kier alpha value is -1.92. The maximum absolute atomic E-state index is 11.4. The van der Waals surface area contributed by atoms with E-state index in [1.54, 1.807) is 0 Å². The fourth-order valence-electron chi connectivity index (χ4n) is 1.67. The van der Waals surface area contributed by atoms with Crippen LogP contribution in [0.3, 0.4) is 0 Å². The van der Waals surface area contributed by atoms with Gasteiger partial charge in [0, 0.05) is 13.1 Å². The van der Waals surface area contributed by atoms with Gasteiger partial charge in [0.15, 0.2) is 0 Å². The summed E-state index contributed by atoms with van der Waals surface area (Å²) in [6.07, 6.45) is 2.04. The van der Waals surface area contributed by atoms with E-state index in [0.717, 1.165) is 25.9 Å². The summed E-state index contributed by atoms with van der Waals surface area (Å²) < 4.78 is 0.204. The van der Waals surface area contributed by atoms with Crippen molar-refractivity contribution in [2.75, 3.05) is 29.5 Å². The molecule has 0 radical (unpaired) electrons. The Kier molecular flexibility index (Phi) is 2.14. The van der Waals surface area contributed by atoms with Gasteiger partial charge < -0.3 is 20.9 Å². The van der Waals surface area contributed by atoms with Crippen LogP contribution in [0.1, 0.15) is 12.8 Å². The Morgan fingerprint density at radius 3 is 2.53 bits per heavy atom. The van der Waals surface area contributed by atoms with Crippen LogP contribution in [0.25, 0.3) is 0 Å². The average molecular weight is 211 g/mol. The Bertz CT molecular complexity index is 389. The van der Waals surface area contributed by atoms with Crippen LogP contribution in [0.15, 0.2) is 0 Å². The Labute approximate surface area is 86.5 Å². The molecule has 0 saturated carbocycles.